The van der Waals surface area contributed by atoms with Crippen LogP contribution in [0.3, 0.4) is 0 Å². The van der Waals surface area contributed by atoms with Crippen LogP contribution in [0, 0.1) is 0 Å². The van der Waals surface area contributed by atoms with Gasteiger partial charge in [-0.2, -0.15) is 0 Å². The van der Waals surface area contributed by atoms with Gasteiger partial charge in [-0.1, -0.05) is 54.6 Å². The lowest BCUT2D eigenvalue weighted by Gasteiger charge is -2.17. The Labute approximate surface area is 198 Å². The van der Waals surface area contributed by atoms with Crippen LogP contribution in [0.15, 0.2) is 102 Å². The Morgan fingerprint density at radius 1 is 0.853 bits per heavy atom. The molecule has 0 saturated heterocycles. The first-order valence-corrected chi connectivity index (χ1v) is 11.5. The first-order chi connectivity index (χ1) is 16.7. The molecule has 2 heterocycles. The number of carboxylic acid groups (broad SMARTS) is 1. The Kier molecular flexibility index (Phi) is 6.25. The van der Waals surface area contributed by atoms with Gasteiger partial charge in [-0.05, 0) is 65.4 Å². The molecule has 3 aromatic carbocycles. The van der Waals surface area contributed by atoms with Gasteiger partial charge < -0.3 is 14.1 Å². The highest BCUT2D eigenvalue weighted by Crippen LogP contribution is 2.27. The molecule has 0 amide bonds. The fourth-order valence-corrected chi connectivity index (χ4v) is 4.52. The van der Waals surface area contributed by atoms with Crippen molar-refractivity contribution in [2.24, 2.45) is 0 Å². The van der Waals surface area contributed by atoms with E-state index in [2.05, 4.69) is 29.2 Å². The zero-order chi connectivity index (χ0) is 23.3. The van der Waals surface area contributed by atoms with Crippen molar-refractivity contribution >= 4 is 16.7 Å². The number of rotatable bonds is 9. The van der Waals surface area contributed by atoms with Gasteiger partial charge in [0.05, 0.1) is 5.69 Å². The van der Waals surface area contributed by atoms with Gasteiger partial charge in [0, 0.05) is 24.4 Å². The molecule has 5 rings (SSSR count). The minimum absolute atomic E-state index is 0.437. The molecule has 170 valence electrons. The van der Waals surface area contributed by atoms with Crippen molar-refractivity contribution in [1.82, 2.24) is 9.55 Å². The van der Waals surface area contributed by atoms with E-state index >= 15 is 0 Å². The molecule has 0 aliphatic rings. The van der Waals surface area contributed by atoms with Crippen LogP contribution in [0.4, 0.5) is 0 Å². The second kappa shape index (κ2) is 9.79. The molecule has 34 heavy (non-hydrogen) atoms. The summed E-state index contributed by atoms with van der Waals surface area (Å²) in [5.41, 5.74) is 4.24. The van der Waals surface area contributed by atoms with Crippen LogP contribution >= 0.6 is 0 Å². The Morgan fingerprint density at radius 3 is 2.29 bits per heavy atom. The molecule has 1 unspecified atom stereocenters. The summed E-state index contributed by atoms with van der Waals surface area (Å²) in [6, 6.07) is 25.5. The van der Waals surface area contributed by atoms with Crippen LogP contribution in [-0.2, 0) is 24.1 Å². The number of nitrogens with zero attached hydrogens (tertiary/aromatic N) is 2. The maximum Gasteiger partial charge on any atom is 0.327 e. The third-order valence-corrected chi connectivity index (χ3v) is 6.24. The van der Waals surface area contributed by atoms with Gasteiger partial charge in [-0.25, -0.2) is 9.78 Å². The van der Waals surface area contributed by atoms with Gasteiger partial charge in [0.25, 0.3) is 0 Å². The number of fused-ring (bicyclic) bond motifs is 1. The SMILES string of the molecule is O=C(O)C(Cc1cccc2c(CCCc3coc(-c4ccccc4)n3)cccc12)n1cccc1. The lowest BCUT2D eigenvalue weighted by Crippen LogP contribution is -2.20. The van der Waals surface area contributed by atoms with Crippen LogP contribution in [0.1, 0.15) is 29.3 Å². The lowest BCUT2D eigenvalue weighted by molar-refractivity contribution is -0.140. The third-order valence-electron chi connectivity index (χ3n) is 6.24. The summed E-state index contributed by atoms with van der Waals surface area (Å²) in [6.45, 7) is 0. The standard InChI is InChI=1S/C29H26N2O3/c32-29(33)27(31-17-4-5-18-31)19-23-13-8-15-25-21(12-7-16-26(23)25)11-6-14-24-20-34-28(30-24)22-9-2-1-3-10-22/h1-5,7-10,12-13,15-18,20,27H,6,11,14,19H2,(H,32,33). The van der Waals surface area contributed by atoms with Crippen molar-refractivity contribution in [2.45, 2.75) is 31.7 Å². The van der Waals surface area contributed by atoms with E-state index in [0.29, 0.717) is 12.3 Å². The zero-order valence-corrected chi connectivity index (χ0v) is 18.8. The zero-order valence-electron chi connectivity index (χ0n) is 18.8. The maximum atomic E-state index is 11.9. The number of aryl methyl sites for hydroxylation is 2. The summed E-state index contributed by atoms with van der Waals surface area (Å²) in [5.74, 6) is -0.173. The van der Waals surface area contributed by atoms with Crippen LogP contribution in [-0.4, -0.2) is 20.6 Å². The second-order valence-electron chi connectivity index (χ2n) is 8.48. The summed E-state index contributed by atoms with van der Waals surface area (Å²) in [4.78, 5) is 16.6. The number of oxazole rings is 1. The molecule has 0 aliphatic heterocycles. The summed E-state index contributed by atoms with van der Waals surface area (Å²) >= 11 is 0. The molecule has 1 N–H and O–H groups in total. The van der Waals surface area contributed by atoms with Gasteiger partial charge in [0.1, 0.15) is 12.3 Å². The Balaban J connectivity index is 1.31. The van der Waals surface area contributed by atoms with E-state index in [-0.39, 0.29) is 0 Å². The monoisotopic (exact) mass is 450 g/mol. The molecular formula is C29H26N2O3. The lowest BCUT2D eigenvalue weighted by atomic mass is 9.94. The van der Waals surface area contributed by atoms with Crippen molar-refractivity contribution in [3.8, 4) is 11.5 Å². The summed E-state index contributed by atoms with van der Waals surface area (Å²) in [6.07, 6.45) is 8.49. The number of carbonyl (C=O) groups is 1. The van der Waals surface area contributed by atoms with E-state index in [0.717, 1.165) is 41.5 Å². The predicted molar refractivity (Wildman–Crippen MR) is 133 cm³/mol. The number of aliphatic carboxylic acids is 1. The smallest absolute Gasteiger partial charge is 0.327 e. The molecular weight excluding hydrogens is 424 g/mol. The van der Waals surface area contributed by atoms with Gasteiger partial charge in [0.15, 0.2) is 0 Å². The molecule has 5 aromatic rings. The van der Waals surface area contributed by atoms with Crippen molar-refractivity contribution < 1.29 is 14.3 Å². The Bertz CT molecular complexity index is 1390. The van der Waals surface area contributed by atoms with Crippen molar-refractivity contribution in [3.05, 3.63) is 114 Å². The fraction of sp³-hybridized carbons (Fsp3) is 0.172. The molecule has 5 heteroatoms. The van der Waals surface area contributed by atoms with E-state index in [4.69, 9.17) is 4.42 Å². The number of benzene rings is 3. The molecule has 0 spiro atoms. The van der Waals surface area contributed by atoms with Crippen LogP contribution in [0.2, 0.25) is 0 Å². The summed E-state index contributed by atoms with van der Waals surface area (Å²) in [7, 11) is 0. The van der Waals surface area contributed by atoms with Gasteiger partial charge in [-0.3, -0.25) is 0 Å². The Morgan fingerprint density at radius 2 is 1.56 bits per heavy atom. The van der Waals surface area contributed by atoms with Crippen molar-refractivity contribution in [3.63, 3.8) is 0 Å². The van der Waals surface area contributed by atoms with Crippen LogP contribution in [0.25, 0.3) is 22.2 Å². The minimum Gasteiger partial charge on any atom is -0.480 e. The predicted octanol–water partition coefficient (Wildman–Crippen LogP) is 6.34. The molecule has 0 aliphatic carbocycles. The molecule has 5 nitrogen and oxygen atoms in total. The molecule has 2 aromatic heterocycles. The van der Waals surface area contributed by atoms with Crippen LogP contribution in [0.5, 0.6) is 0 Å². The average Bonchev–Trinajstić information content (AvgIpc) is 3.56. The second-order valence-corrected chi connectivity index (χ2v) is 8.48. The fourth-order valence-electron chi connectivity index (χ4n) is 4.52. The van der Waals surface area contributed by atoms with Gasteiger partial charge in [0.2, 0.25) is 5.89 Å². The largest absolute Gasteiger partial charge is 0.480 e. The number of hydrogen-bond donors (Lipinski definition) is 1. The van der Waals surface area contributed by atoms with E-state index in [9.17, 15) is 9.90 Å². The molecule has 0 radical (unpaired) electrons. The summed E-state index contributed by atoms with van der Waals surface area (Å²) in [5, 5.41) is 12.1. The molecule has 0 saturated carbocycles. The number of carboxylic acids is 1. The van der Waals surface area contributed by atoms with E-state index in [1.165, 1.54) is 10.9 Å². The normalized spacial score (nSPS) is 12.1. The highest BCUT2D eigenvalue weighted by atomic mass is 16.4. The highest BCUT2D eigenvalue weighted by Gasteiger charge is 2.20. The first kappa shape index (κ1) is 21.7. The van der Waals surface area contributed by atoms with E-state index < -0.39 is 12.0 Å². The quantitative estimate of drug-likeness (QED) is 0.284. The third kappa shape index (κ3) is 4.64. The van der Waals surface area contributed by atoms with Gasteiger partial charge in [-0.15, -0.1) is 0 Å². The summed E-state index contributed by atoms with van der Waals surface area (Å²) < 4.78 is 7.42. The average molecular weight is 451 g/mol. The van der Waals surface area contributed by atoms with Crippen molar-refractivity contribution in [2.75, 3.05) is 0 Å². The van der Waals surface area contributed by atoms with E-state index in [1.807, 2.05) is 67.0 Å². The minimum atomic E-state index is -0.827. The molecule has 1 atom stereocenters. The first-order valence-electron chi connectivity index (χ1n) is 11.5. The Hall–Kier alpha value is -4.12. The topological polar surface area (TPSA) is 68.3 Å². The van der Waals surface area contributed by atoms with Crippen molar-refractivity contribution in [1.29, 1.82) is 0 Å². The maximum absolute atomic E-state index is 11.9. The number of aromatic nitrogens is 2. The highest BCUT2D eigenvalue weighted by molar-refractivity contribution is 5.89. The van der Waals surface area contributed by atoms with E-state index in [1.54, 1.807) is 10.8 Å². The van der Waals surface area contributed by atoms with Crippen LogP contribution < -0.4 is 0 Å². The molecule has 0 fully saturated rings. The molecule has 0 bridgehead atoms. The van der Waals surface area contributed by atoms with Gasteiger partial charge >= 0.3 is 5.97 Å². The number of hydrogen-bond acceptors (Lipinski definition) is 3.